The molecule has 1 heterocycles. The predicted molar refractivity (Wildman–Crippen MR) is 74.5 cm³/mol. The minimum absolute atomic E-state index is 0.166. The first kappa shape index (κ1) is 15.5. The van der Waals surface area contributed by atoms with Crippen LogP contribution in [0.3, 0.4) is 0 Å². The Morgan fingerprint density at radius 2 is 2.00 bits per heavy atom. The lowest BCUT2D eigenvalue weighted by Crippen LogP contribution is -2.28. The number of aromatic nitrogens is 2. The van der Waals surface area contributed by atoms with Crippen molar-refractivity contribution in [2.24, 2.45) is 11.3 Å². The van der Waals surface area contributed by atoms with Crippen LogP contribution in [0.5, 0.6) is 0 Å². The highest BCUT2D eigenvalue weighted by Gasteiger charge is 2.24. The summed E-state index contributed by atoms with van der Waals surface area (Å²) >= 11 is 1.80. The molecule has 1 aromatic rings. The van der Waals surface area contributed by atoms with Gasteiger partial charge in [-0.2, -0.15) is 16.7 Å². The molecule has 0 aromatic carbocycles. The maximum atomic E-state index is 9.96. The van der Waals surface area contributed by atoms with Crippen molar-refractivity contribution >= 4 is 11.8 Å². The van der Waals surface area contributed by atoms with Crippen molar-refractivity contribution in [1.29, 1.82) is 0 Å². The van der Waals surface area contributed by atoms with Crippen molar-refractivity contribution in [3.05, 3.63) is 11.7 Å². The van der Waals surface area contributed by atoms with Crippen LogP contribution in [0.25, 0.3) is 0 Å². The zero-order chi connectivity index (χ0) is 13.8. The third-order valence-electron chi connectivity index (χ3n) is 2.56. The van der Waals surface area contributed by atoms with E-state index in [1.807, 2.05) is 20.8 Å². The maximum Gasteiger partial charge on any atom is 0.229 e. The summed E-state index contributed by atoms with van der Waals surface area (Å²) in [5, 5.41) is 13.9. The topological polar surface area (TPSA) is 59.2 Å². The lowest BCUT2D eigenvalue weighted by Gasteiger charge is -2.24. The molecule has 0 aliphatic carbocycles. The Kier molecular flexibility index (Phi) is 5.66. The molecule has 4 nitrogen and oxygen atoms in total. The van der Waals surface area contributed by atoms with Crippen molar-refractivity contribution in [3.63, 3.8) is 0 Å². The van der Waals surface area contributed by atoms with E-state index in [0.29, 0.717) is 18.2 Å². The van der Waals surface area contributed by atoms with Gasteiger partial charge in [0.1, 0.15) is 0 Å². The smallest absolute Gasteiger partial charge is 0.229 e. The third kappa shape index (κ3) is 5.40. The molecule has 1 N–H and O–H groups in total. The molecule has 0 amide bonds. The molecular formula is C13H24N2O2S. The second-order valence-corrected chi connectivity index (χ2v) is 7.13. The van der Waals surface area contributed by atoms with Crippen molar-refractivity contribution in [1.82, 2.24) is 10.1 Å². The van der Waals surface area contributed by atoms with E-state index in [4.69, 9.17) is 4.52 Å². The first-order valence-corrected chi connectivity index (χ1v) is 7.51. The number of thioether (sulfide) groups is 1. The van der Waals surface area contributed by atoms with Crippen LogP contribution in [0.4, 0.5) is 0 Å². The van der Waals surface area contributed by atoms with Gasteiger partial charge in [-0.05, 0) is 17.1 Å². The lowest BCUT2D eigenvalue weighted by molar-refractivity contribution is 0.0565. The van der Waals surface area contributed by atoms with E-state index in [9.17, 15) is 5.11 Å². The summed E-state index contributed by atoms with van der Waals surface area (Å²) in [5.41, 5.74) is -0.166. The van der Waals surface area contributed by atoms with E-state index in [2.05, 4.69) is 24.0 Å². The first-order valence-electron chi connectivity index (χ1n) is 6.36. The summed E-state index contributed by atoms with van der Waals surface area (Å²) in [5.74, 6) is 3.78. The first-order chi connectivity index (χ1) is 8.29. The van der Waals surface area contributed by atoms with Crippen molar-refractivity contribution in [2.75, 3.05) is 5.75 Å². The second kappa shape index (κ2) is 6.57. The molecule has 0 spiro atoms. The zero-order valence-corrected chi connectivity index (χ0v) is 12.8. The fourth-order valence-electron chi connectivity index (χ4n) is 1.29. The van der Waals surface area contributed by atoms with E-state index in [1.54, 1.807) is 11.8 Å². The predicted octanol–water partition coefficient (Wildman–Crippen LogP) is 2.91. The molecule has 0 saturated heterocycles. The molecule has 0 aliphatic rings. The Morgan fingerprint density at radius 3 is 2.56 bits per heavy atom. The van der Waals surface area contributed by atoms with Crippen LogP contribution in [0, 0.1) is 11.3 Å². The van der Waals surface area contributed by atoms with Crippen LogP contribution >= 0.6 is 11.8 Å². The molecule has 0 saturated carbocycles. The van der Waals surface area contributed by atoms with Crippen LogP contribution in [0.1, 0.15) is 46.3 Å². The number of hydrogen-bond donors (Lipinski definition) is 1. The Balaban J connectivity index is 2.43. The van der Waals surface area contributed by atoms with Gasteiger partial charge >= 0.3 is 0 Å². The largest absolute Gasteiger partial charge is 0.392 e. The minimum Gasteiger partial charge on any atom is -0.392 e. The van der Waals surface area contributed by atoms with Crippen LogP contribution in [0.15, 0.2) is 4.52 Å². The maximum absolute atomic E-state index is 9.96. The molecule has 1 aromatic heterocycles. The summed E-state index contributed by atoms with van der Waals surface area (Å²) in [4.78, 5) is 4.30. The molecule has 1 rings (SSSR count). The Morgan fingerprint density at radius 1 is 1.33 bits per heavy atom. The molecular weight excluding hydrogens is 248 g/mol. The summed E-state index contributed by atoms with van der Waals surface area (Å²) in [6, 6.07) is 0. The highest BCUT2D eigenvalue weighted by Crippen LogP contribution is 2.22. The van der Waals surface area contributed by atoms with Crippen LogP contribution in [-0.4, -0.2) is 27.1 Å². The highest BCUT2D eigenvalue weighted by atomic mass is 32.2. The van der Waals surface area contributed by atoms with E-state index in [-0.39, 0.29) is 5.41 Å². The van der Waals surface area contributed by atoms with E-state index >= 15 is 0 Å². The summed E-state index contributed by atoms with van der Waals surface area (Å²) < 4.78 is 5.15. The molecule has 1 atom stereocenters. The van der Waals surface area contributed by atoms with E-state index in [1.165, 1.54) is 0 Å². The summed E-state index contributed by atoms with van der Waals surface area (Å²) in [6.45, 7) is 10.4. The second-order valence-electron chi connectivity index (χ2n) is 6.10. The SMILES string of the molecule is CC(C)CSCc1noc(CC(O)C(C)(C)C)n1. The molecule has 104 valence electrons. The quantitative estimate of drug-likeness (QED) is 0.863. The average molecular weight is 272 g/mol. The molecule has 5 heteroatoms. The number of rotatable bonds is 6. The van der Waals surface area contributed by atoms with Crippen LogP contribution in [0.2, 0.25) is 0 Å². The number of hydrogen-bond acceptors (Lipinski definition) is 5. The van der Waals surface area contributed by atoms with Gasteiger partial charge in [-0.25, -0.2) is 0 Å². The zero-order valence-electron chi connectivity index (χ0n) is 11.9. The van der Waals surface area contributed by atoms with Gasteiger partial charge < -0.3 is 9.63 Å². The monoisotopic (exact) mass is 272 g/mol. The molecule has 0 radical (unpaired) electrons. The van der Waals surface area contributed by atoms with Gasteiger partial charge in [0.15, 0.2) is 5.82 Å². The lowest BCUT2D eigenvalue weighted by atomic mass is 9.87. The third-order valence-corrected chi connectivity index (χ3v) is 3.92. The molecule has 0 fully saturated rings. The van der Waals surface area contributed by atoms with Crippen LogP contribution in [-0.2, 0) is 12.2 Å². The van der Waals surface area contributed by atoms with Gasteiger partial charge in [0.2, 0.25) is 5.89 Å². The fraction of sp³-hybridized carbons (Fsp3) is 0.846. The van der Waals surface area contributed by atoms with Crippen molar-refractivity contribution < 1.29 is 9.63 Å². The van der Waals surface area contributed by atoms with Crippen LogP contribution < -0.4 is 0 Å². The highest BCUT2D eigenvalue weighted by molar-refractivity contribution is 7.98. The van der Waals surface area contributed by atoms with Gasteiger partial charge in [0.05, 0.1) is 18.3 Å². The molecule has 0 bridgehead atoms. The van der Waals surface area contributed by atoms with Crippen molar-refractivity contribution in [2.45, 2.75) is 52.9 Å². The minimum atomic E-state index is -0.464. The Bertz CT molecular complexity index is 358. The normalized spacial score (nSPS) is 14.2. The summed E-state index contributed by atoms with van der Waals surface area (Å²) in [7, 11) is 0. The summed E-state index contributed by atoms with van der Waals surface area (Å²) in [6.07, 6.45) is -0.0418. The molecule has 0 aliphatic heterocycles. The average Bonchev–Trinajstić information content (AvgIpc) is 2.63. The van der Waals surface area contributed by atoms with Gasteiger partial charge in [-0.3, -0.25) is 0 Å². The van der Waals surface area contributed by atoms with E-state index in [0.717, 1.165) is 17.3 Å². The van der Waals surface area contributed by atoms with Gasteiger partial charge in [-0.15, -0.1) is 0 Å². The van der Waals surface area contributed by atoms with E-state index < -0.39 is 6.10 Å². The molecule has 1 unspecified atom stereocenters. The van der Waals surface area contributed by atoms with Crippen molar-refractivity contribution in [3.8, 4) is 0 Å². The fourth-order valence-corrected chi connectivity index (χ4v) is 2.18. The molecule has 18 heavy (non-hydrogen) atoms. The van der Waals surface area contributed by atoms with Gasteiger partial charge in [-0.1, -0.05) is 39.8 Å². The number of aliphatic hydroxyl groups excluding tert-OH is 1. The standard InChI is InChI=1S/C13H24N2O2S/c1-9(2)7-18-8-11-14-12(17-15-11)6-10(16)13(3,4)5/h9-10,16H,6-8H2,1-5H3. The Hall–Kier alpha value is -0.550. The number of aliphatic hydroxyl groups is 1. The Labute approximate surface area is 114 Å². The van der Waals surface area contributed by atoms with Gasteiger partial charge in [0, 0.05) is 0 Å². The van der Waals surface area contributed by atoms with Gasteiger partial charge in [0.25, 0.3) is 0 Å². The number of nitrogens with zero attached hydrogens (tertiary/aromatic N) is 2.